The molecule has 3 nitrogen and oxygen atoms in total. The Morgan fingerprint density at radius 1 is 1.33 bits per heavy atom. The third kappa shape index (κ3) is 1.90. The molecule has 0 bridgehead atoms. The third-order valence-electron chi connectivity index (χ3n) is 2.41. The second-order valence-electron chi connectivity index (χ2n) is 3.33. The van der Waals surface area contributed by atoms with Gasteiger partial charge in [-0.2, -0.15) is 0 Å². The van der Waals surface area contributed by atoms with Crippen molar-refractivity contribution in [2.24, 2.45) is 0 Å². The molecule has 0 unspecified atom stereocenters. The molecule has 4 heteroatoms. The number of carbonyl (C=O) groups excluding carboxylic acids is 2. The lowest BCUT2D eigenvalue weighted by Gasteiger charge is -2.14. The summed E-state index contributed by atoms with van der Waals surface area (Å²) in [5.74, 6) is -0.669. The molecule has 0 spiro atoms. The van der Waals surface area contributed by atoms with Gasteiger partial charge in [0.15, 0.2) is 0 Å². The van der Waals surface area contributed by atoms with Gasteiger partial charge in [-0.15, -0.1) is 11.8 Å². The van der Waals surface area contributed by atoms with Crippen molar-refractivity contribution < 1.29 is 9.59 Å². The molecular formula is C11H11NO2S. The Morgan fingerprint density at radius 3 is 2.73 bits per heavy atom. The van der Waals surface area contributed by atoms with Crippen LogP contribution in [0.2, 0.25) is 0 Å². The van der Waals surface area contributed by atoms with E-state index in [-0.39, 0.29) is 11.7 Å². The highest BCUT2D eigenvalue weighted by atomic mass is 32.2. The van der Waals surface area contributed by atoms with Crippen LogP contribution in [-0.4, -0.2) is 24.5 Å². The summed E-state index contributed by atoms with van der Waals surface area (Å²) in [5.41, 5.74) is 0.817. The highest BCUT2D eigenvalue weighted by molar-refractivity contribution is 7.98. The molecule has 0 saturated carbocycles. The standard InChI is InChI=1S/C11H11NO2S/c1-15-9-4-2-3-8(7-9)12-6-5-10(13)11(12)14/h2-4,7H,5-6H2,1H3. The van der Waals surface area contributed by atoms with Crippen molar-refractivity contribution in [3.8, 4) is 0 Å². The zero-order chi connectivity index (χ0) is 10.8. The van der Waals surface area contributed by atoms with E-state index < -0.39 is 0 Å². The highest BCUT2D eigenvalue weighted by Gasteiger charge is 2.30. The number of nitrogens with zero attached hydrogens (tertiary/aromatic N) is 1. The number of amides is 1. The molecule has 1 aromatic rings. The van der Waals surface area contributed by atoms with Crippen molar-refractivity contribution in [3.05, 3.63) is 24.3 Å². The van der Waals surface area contributed by atoms with E-state index >= 15 is 0 Å². The van der Waals surface area contributed by atoms with Crippen LogP contribution in [0.1, 0.15) is 6.42 Å². The first-order valence-corrected chi connectivity index (χ1v) is 5.93. The van der Waals surface area contributed by atoms with E-state index in [0.717, 1.165) is 10.6 Å². The number of hydrogen-bond acceptors (Lipinski definition) is 3. The van der Waals surface area contributed by atoms with Crippen LogP contribution in [0.3, 0.4) is 0 Å². The smallest absolute Gasteiger partial charge is 0.294 e. The van der Waals surface area contributed by atoms with E-state index in [1.165, 1.54) is 0 Å². The van der Waals surface area contributed by atoms with Crippen LogP contribution in [0, 0.1) is 0 Å². The Labute approximate surface area is 92.5 Å². The van der Waals surface area contributed by atoms with Crippen LogP contribution in [0.5, 0.6) is 0 Å². The van der Waals surface area contributed by atoms with Crippen molar-refractivity contribution >= 4 is 29.1 Å². The number of benzene rings is 1. The van der Waals surface area contributed by atoms with Gasteiger partial charge in [0.25, 0.3) is 5.91 Å². The molecule has 1 aliphatic rings. The number of rotatable bonds is 2. The lowest BCUT2D eigenvalue weighted by atomic mass is 10.3. The minimum Gasteiger partial charge on any atom is -0.305 e. The van der Waals surface area contributed by atoms with Crippen molar-refractivity contribution in [3.63, 3.8) is 0 Å². The van der Waals surface area contributed by atoms with Crippen molar-refractivity contribution in [2.75, 3.05) is 17.7 Å². The SMILES string of the molecule is CSc1cccc(N2CCC(=O)C2=O)c1. The van der Waals surface area contributed by atoms with E-state index in [4.69, 9.17) is 0 Å². The third-order valence-corrected chi connectivity index (χ3v) is 3.14. The molecule has 1 amide bonds. The van der Waals surface area contributed by atoms with Crippen LogP contribution < -0.4 is 4.90 Å². The Balaban J connectivity index is 2.30. The summed E-state index contributed by atoms with van der Waals surface area (Å²) < 4.78 is 0. The predicted molar refractivity (Wildman–Crippen MR) is 60.2 cm³/mol. The minimum atomic E-state index is -0.381. The van der Waals surface area contributed by atoms with Crippen LogP contribution >= 0.6 is 11.8 Å². The zero-order valence-electron chi connectivity index (χ0n) is 8.40. The molecule has 0 radical (unpaired) electrons. The van der Waals surface area contributed by atoms with Gasteiger partial charge in [-0.1, -0.05) is 6.07 Å². The van der Waals surface area contributed by atoms with E-state index in [2.05, 4.69) is 0 Å². The lowest BCUT2D eigenvalue weighted by Crippen LogP contribution is -2.26. The Morgan fingerprint density at radius 2 is 2.13 bits per heavy atom. The number of ketones is 1. The molecule has 0 atom stereocenters. The highest BCUT2D eigenvalue weighted by Crippen LogP contribution is 2.24. The maximum atomic E-state index is 11.5. The van der Waals surface area contributed by atoms with Crippen LogP contribution in [0.25, 0.3) is 0 Å². The number of hydrogen-bond donors (Lipinski definition) is 0. The van der Waals surface area contributed by atoms with Gasteiger partial charge in [0.05, 0.1) is 0 Å². The molecule has 15 heavy (non-hydrogen) atoms. The van der Waals surface area contributed by atoms with E-state index in [9.17, 15) is 9.59 Å². The fourth-order valence-electron chi connectivity index (χ4n) is 1.60. The minimum absolute atomic E-state index is 0.287. The second kappa shape index (κ2) is 4.06. The first kappa shape index (κ1) is 10.2. The number of thioether (sulfide) groups is 1. The van der Waals surface area contributed by atoms with Gasteiger partial charge >= 0.3 is 0 Å². The van der Waals surface area contributed by atoms with Gasteiger partial charge in [0.1, 0.15) is 0 Å². The summed E-state index contributed by atoms with van der Waals surface area (Å²) in [6, 6.07) is 7.67. The van der Waals surface area contributed by atoms with Gasteiger partial charge in [-0.05, 0) is 24.5 Å². The van der Waals surface area contributed by atoms with Crippen molar-refractivity contribution in [1.29, 1.82) is 0 Å². The Hall–Kier alpha value is -1.29. The molecule has 1 aromatic carbocycles. The van der Waals surface area contributed by atoms with Gasteiger partial charge in [-0.25, -0.2) is 0 Å². The molecule has 0 N–H and O–H groups in total. The maximum absolute atomic E-state index is 11.5. The molecule has 1 aliphatic heterocycles. The normalized spacial score (nSPS) is 16.2. The summed E-state index contributed by atoms with van der Waals surface area (Å²) in [4.78, 5) is 25.2. The van der Waals surface area contributed by atoms with Gasteiger partial charge in [-0.3, -0.25) is 9.59 Å². The summed E-state index contributed by atoms with van der Waals surface area (Å²) in [7, 11) is 0. The maximum Gasteiger partial charge on any atom is 0.294 e. The monoisotopic (exact) mass is 221 g/mol. The van der Waals surface area contributed by atoms with E-state index in [1.807, 2.05) is 30.5 Å². The lowest BCUT2D eigenvalue weighted by molar-refractivity contribution is -0.133. The summed E-state index contributed by atoms with van der Waals surface area (Å²) in [6.45, 7) is 0.509. The van der Waals surface area contributed by atoms with Gasteiger partial charge in [0, 0.05) is 23.5 Å². The van der Waals surface area contributed by atoms with Crippen LogP contribution in [0.15, 0.2) is 29.2 Å². The van der Waals surface area contributed by atoms with Gasteiger partial charge in [0.2, 0.25) is 5.78 Å². The molecule has 1 fully saturated rings. The molecule has 78 valence electrons. The van der Waals surface area contributed by atoms with Crippen LogP contribution in [-0.2, 0) is 9.59 Å². The van der Waals surface area contributed by atoms with Gasteiger partial charge < -0.3 is 4.90 Å². The molecule has 0 aromatic heterocycles. The molecule has 1 heterocycles. The largest absolute Gasteiger partial charge is 0.305 e. The summed E-state index contributed by atoms with van der Waals surface area (Å²) in [5, 5.41) is 0. The summed E-state index contributed by atoms with van der Waals surface area (Å²) >= 11 is 1.62. The topological polar surface area (TPSA) is 37.4 Å². The average molecular weight is 221 g/mol. The quantitative estimate of drug-likeness (QED) is 0.563. The van der Waals surface area contributed by atoms with E-state index in [1.54, 1.807) is 16.7 Å². The Kier molecular flexibility index (Phi) is 2.77. The first-order chi connectivity index (χ1) is 7.22. The molecular weight excluding hydrogens is 210 g/mol. The van der Waals surface area contributed by atoms with Crippen molar-refractivity contribution in [1.82, 2.24) is 0 Å². The number of carbonyl (C=O) groups is 2. The summed E-state index contributed by atoms with van der Waals surface area (Å²) in [6.07, 6.45) is 2.32. The molecule has 0 aliphatic carbocycles. The average Bonchev–Trinajstić information content (AvgIpc) is 2.60. The number of anilines is 1. The predicted octanol–water partition coefficient (Wildman–Crippen LogP) is 1.71. The molecule has 2 rings (SSSR count). The zero-order valence-corrected chi connectivity index (χ0v) is 9.21. The molecule has 1 saturated heterocycles. The van der Waals surface area contributed by atoms with Crippen LogP contribution in [0.4, 0.5) is 5.69 Å². The number of Topliss-reactive ketones (excluding diaryl/α,β-unsaturated/α-hetero) is 1. The van der Waals surface area contributed by atoms with Crippen molar-refractivity contribution in [2.45, 2.75) is 11.3 Å². The fraction of sp³-hybridized carbons (Fsp3) is 0.273. The Bertz CT molecular complexity index is 417. The fourth-order valence-corrected chi connectivity index (χ4v) is 2.05. The first-order valence-electron chi connectivity index (χ1n) is 4.71. The van der Waals surface area contributed by atoms with E-state index in [0.29, 0.717) is 13.0 Å². The second-order valence-corrected chi connectivity index (χ2v) is 4.21.